The Hall–Kier alpha value is -2.81. The molecule has 1 aliphatic heterocycles. The number of carboxylic acids is 4. The van der Waals surface area contributed by atoms with Crippen LogP contribution in [0.15, 0.2) is 0 Å². The van der Waals surface area contributed by atoms with Crippen molar-refractivity contribution in [1.29, 1.82) is 0 Å². The fourth-order valence-electron chi connectivity index (χ4n) is 5.01. The number of amides is 1. The first kappa shape index (κ1) is 37.2. The zero-order valence-electron chi connectivity index (χ0n) is 25.2. The van der Waals surface area contributed by atoms with Gasteiger partial charge in [0.25, 0.3) is 0 Å². The minimum atomic E-state index is -1.03. The van der Waals surface area contributed by atoms with Gasteiger partial charge in [0, 0.05) is 58.9 Å². The molecule has 0 spiro atoms. The summed E-state index contributed by atoms with van der Waals surface area (Å²) in [5, 5.41) is 40.5. The highest BCUT2D eigenvalue weighted by atomic mass is 16.4. The lowest BCUT2D eigenvalue weighted by atomic mass is 10.00. The Morgan fingerprint density at radius 1 is 0.643 bits per heavy atom. The molecule has 14 nitrogen and oxygen atoms in total. The molecule has 0 radical (unpaired) electrons. The van der Waals surface area contributed by atoms with Crippen LogP contribution in [0.4, 0.5) is 0 Å². The molecule has 0 aromatic heterocycles. The number of rotatable bonds is 18. The van der Waals surface area contributed by atoms with Gasteiger partial charge < -0.3 is 25.7 Å². The van der Waals surface area contributed by atoms with E-state index in [4.69, 9.17) is 0 Å². The molecule has 1 rings (SSSR count). The van der Waals surface area contributed by atoms with Gasteiger partial charge in [-0.25, -0.2) is 0 Å². The van der Waals surface area contributed by atoms with Crippen LogP contribution in [0.5, 0.6) is 0 Å². The second-order valence-electron chi connectivity index (χ2n) is 11.1. The molecule has 0 saturated carbocycles. The van der Waals surface area contributed by atoms with Crippen LogP contribution >= 0.6 is 0 Å². The minimum absolute atomic E-state index is 0.0109. The Bertz CT molecular complexity index is 828. The summed E-state index contributed by atoms with van der Waals surface area (Å²) in [5.74, 6) is -5.07. The lowest BCUT2D eigenvalue weighted by Crippen LogP contribution is -2.53. The van der Waals surface area contributed by atoms with Crippen molar-refractivity contribution in [2.45, 2.75) is 64.8 Å². The van der Waals surface area contributed by atoms with Gasteiger partial charge in [0.1, 0.15) is 0 Å². The van der Waals surface area contributed by atoms with E-state index in [0.717, 1.165) is 38.5 Å². The van der Waals surface area contributed by atoms with Gasteiger partial charge >= 0.3 is 23.9 Å². The first-order chi connectivity index (χ1) is 19.9. The summed E-state index contributed by atoms with van der Waals surface area (Å²) in [5.41, 5.74) is 0. The highest BCUT2D eigenvalue weighted by molar-refractivity contribution is 5.82. The van der Waals surface area contributed by atoms with E-state index in [9.17, 15) is 44.4 Å². The molecule has 14 heteroatoms. The predicted octanol–water partition coefficient (Wildman–Crippen LogP) is 0.418. The summed E-state index contributed by atoms with van der Waals surface area (Å²) in [4.78, 5) is 66.1. The first-order valence-corrected chi connectivity index (χ1v) is 15.0. The van der Waals surface area contributed by atoms with E-state index in [1.807, 2.05) is 4.90 Å². The summed E-state index contributed by atoms with van der Waals surface area (Å²) < 4.78 is 0. The number of nitrogens with zero attached hydrogens (tertiary/aromatic N) is 4. The Labute approximate surface area is 248 Å². The molecule has 2 atom stereocenters. The fraction of sp³-hybridized carbons (Fsp3) is 0.821. The molecule has 0 aromatic carbocycles. The molecular formula is C28H51N5O9. The van der Waals surface area contributed by atoms with Gasteiger partial charge in [0.15, 0.2) is 0 Å². The Kier molecular flexibility index (Phi) is 18.6. The highest BCUT2D eigenvalue weighted by Gasteiger charge is 2.26. The molecule has 0 bridgehead atoms. The number of unbranched alkanes of at least 4 members (excludes halogenated alkanes) is 5. The molecular weight excluding hydrogens is 550 g/mol. The number of hydrogen-bond donors (Lipinski definition) is 5. The van der Waals surface area contributed by atoms with Crippen molar-refractivity contribution in [2.24, 2.45) is 5.92 Å². The van der Waals surface area contributed by atoms with Crippen molar-refractivity contribution in [2.75, 3.05) is 78.5 Å². The summed E-state index contributed by atoms with van der Waals surface area (Å²) in [6, 6.07) is -0.668. The van der Waals surface area contributed by atoms with Crippen LogP contribution in [-0.2, 0) is 24.0 Å². The molecule has 1 fully saturated rings. The average Bonchev–Trinajstić information content (AvgIpc) is 2.90. The van der Waals surface area contributed by atoms with Crippen LogP contribution in [-0.4, -0.2) is 154 Å². The van der Waals surface area contributed by atoms with Crippen molar-refractivity contribution >= 4 is 29.8 Å². The number of aliphatic carboxylic acids is 4. The summed E-state index contributed by atoms with van der Waals surface area (Å²) in [7, 11) is 0. The smallest absolute Gasteiger partial charge is 0.317 e. The van der Waals surface area contributed by atoms with Gasteiger partial charge in [-0.3, -0.25) is 43.6 Å². The third-order valence-electron chi connectivity index (χ3n) is 7.65. The topological polar surface area (TPSA) is 191 Å². The largest absolute Gasteiger partial charge is 0.481 e. The van der Waals surface area contributed by atoms with E-state index in [-0.39, 0.29) is 58.3 Å². The van der Waals surface area contributed by atoms with Crippen molar-refractivity contribution < 1.29 is 44.4 Å². The normalized spacial score (nSPS) is 18.3. The van der Waals surface area contributed by atoms with E-state index in [2.05, 4.69) is 12.2 Å². The second-order valence-corrected chi connectivity index (χ2v) is 11.1. The van der Waals surface area contributed by atoms with E-state index in [0.29, 0.717) is 32.6 Å². The van der Waals surface area contributed by atoms with Crippen molar-refractivity contribution in [3.05, 3.63) is 0 Å². The Morgan fingerprint density at radius 2 is 1.05 bits per heavy atom. The quantitative estimate of drug-likeness (QED) is 0.136. The van der Waals surface area contributed by atoms with E-state index in [1.165, 1.54) is 0 Å². The summed E-state index contributed by atoms with van der Waals surface area (Å²) >= 11 is 0. The monoisotopic (exact) mass is 601 g/mol. The fourth-order valence-corrected chi connectivity index (χ4v) is 5.01. The lowest BCUT2D eigenvalue weighted by molar-refractivity contribution is -0.142. The zero-order chi connectivity index (χ0) is 31.5. The third-order valence-corrected chi connectivity index (χ3v) is 7.65. The van der Waals surface area contributed by atoms with Crippen molar-refractivity contribution in [3.8, 4) is 0 Å². The van der Waals surface area contributed by atoms with Crippen LogP contribution in [0.25, 0.3) is 0 Å². The number of nitrogens with one attached hydrogen (secondary N) is 1. The van der Waals surface area contributed by atoms with Crippen LogP contribution < -0.4 is 5.32 Å². The highest BCUT2D eigenvalue weighted by Crippen LogP contribution is 2.13. The molecule has 0 aromatic rings. The molecule has 1 saturated heterocycles. The van der Waals surface area contributed by atoms with Crippen LogP contribution in [0, 0.1) is 5.92 Å². The van der Waals surface area contributed by atoms with Gasteiger partial charge in [-0.1, -0.05) is 45.4 Å². The third kappa shape index (κ3) is 16.6. The lowest BCUT2D eigenvalue weighted by Gasteiger charge is -2.35. The average molecular weight is 602 g/mol. The molecule has 5 N–H and O–H groups in total. The maximum absolute atomic E-state index is 13.1. The van der Waals surface area contributed by atoms with Crippen molar-refractivity contribution in [1.82, 2.24) is 24.9 Å². The molecule has 1 heterocycles. The van der Waals surface area contributed by atoms with Gasteiger partial charge in [0.05, 0.1) is 31.6 Å². The second kappa shape index (κ2) is 21.0. The van der Waals surface area contributed by atoms with Crippen LogP contribution in [0.3, 0.4) is 0 Å². The SMILES string of the molecule is CCCCCCCCC(CNC(=O)C(C)N1CCN(CC(=O)O)CCN(CC(=O)O)CCN(CC(=O)O)CC1)C(=O)O. The minimum Gasteiger partial charge on any atom is -0.481 e. The van der Waals surface area contributed by atoms with E-state index in [1.54, 1.807) is 21.6 Å². The molecule has 242 valence electrons. The number of carbonyl (C=O) groups excluding carboxylic acids is 1. The molecule has 1 amide bonds. The van der Waals surface area contributed by atoms with Gasteiger partial charge in [-0.05, 0) is 13.3 Å². The molecule has 2 unspecified atom stereocenters. The zero-order valence-corrected chi connectivity index (χ0v) is 25.2. The summed E-state index contributed by atoms with van der Waals surface area (Å²) in [6.45, 7) is 5.43. The van der Waals surface area contributed by atoms with E-state index < -0.39 is 35.8 Å². The maximum Gasteiger partial charge on any atom is 0.317 e. The van der Waals surface area contributed by atoms with Gasteiger partial charge in [-0.2, -0.15) is 0 Å². The Morgan fingerprint density at radius 3 is 1.45 bits per heavy atom. The predicted molar refractivity (Wildman–Crippen MR) is 155 cm³/mol. The molecule has 1 aliphatic rings. The standard InChI is InChI=1S/C28H51N5O9/c1-3-4-5-6-7-8-9-23(28(41)42)18-29-27(40)22(2)33-16-14-31(20-25(36)37)12-10-30(19-24(34)35)11-13-32(15-17-33)21-26(38)39/h22-23H,3-21H2,1-2H3,(H,29,40)(H,34,35)(H,36,37)(H,38,39)(H,41,42). The van der Waals surface area contributed by atoms with Crippen LogP contribution in [0.1, 0.15) is 58.8 Å². The maximum atomic E-state index is 13.1. The van der Waals surface area contributed by atoms with E-state index >= 15 is 0 Å². The number of hydrogen-bond acceptors (Lipinski definition) is 9. The van der Waals surface area contributed by atoms with Gasteiger partial charge in [0.2, 0.25) is 5.91 Å². The molecule has 0 aliphatic carbocycles. The van der Waals surface area contributed by atoms with Gasteiger partial charge in [-0.15, -0.1) is 0 Å². The number of carboxylic acid groups (broad SMARTS) is 4. The summed E-state index contributed by atoms with van der Waals surface area (Å²) in [6.07, 6.45) is 6.71. The van der Waals surface area contributed by atoms with Crippen molar-refractivity contribution in [3.63, 3.8) is 0 Å². The Balaban J connectivity index is 2.91. The molecule has 42 heavy (non-hydrogen) atoms. The van der Waals surface area contributed by atoms with Crippen LogP contribution in [0.2, 0.25) is 0 Å². The number of carbonyl (C=O) groups is 5. The first-order valence-electron chi connectivity index (χ1n) is 15.0.